The molecule has 0 aliphatic carbocycles. The maximum atomic E-state index is 6.34. The molecule has 2 heteroatoms. The second-order valence-corrected chi connectivity index (χ2v) is 8.67. The number of hydrogen-bond donors (Lipinski definition) is 0. The smallest absolute Gasteiger partial charge is 0.224 e. The van der Waals surface area contributed by atoms with Crippen molar-refractivity contribution in [2.75, 3.05) is 0 Å². The number of rotatable bonds is 2. The molecule has 2 rings (SSSR count). The summed E-state index contributed by atoms with van der Waals surface area (Å²) in [5, 5.41) is 1.56. The number of benzene rings is 1. The van der Waals surface area contributed by atoms with Crippen molar-refractivity contribution in [3.63, 3.8) is 0 Å². The van der Waals surface area contributed by atoms with E-state index in [-0.39, 0.29) is 0 Å². The summed E-state index contributed by atoms with van der Waals surface area (Å²) in [6, 6.07) is 9.08. The van der Waals surface area contributed by atoms with Crippen LogP contribution in [0.25, 0.3) is 0 Å². The van der Waals surface area contributed by atoms with Gasteiger partial charge in [0.05, 0.1) is 6.10 Å². The highest BCUT2D eigenvalue weighted by Crippen LogP contribution is 2.35. The van der Waals surface area contributed by atoms with Crippen LogP contribution in [0, 0.1) is 6.92 Å². The van der Waals surface area contributed by atoms with Crippen LogP contribution in [-0.2, 0) is 4.43 Å². The van der Waals surface area contributed by atoms with Crippen LogP contribution in [0.4, 0.5) is 0 Å². The lowest BCUT2D eigenvalue weighted by atomic mass is 10.1. The van der Waals surface area contributed by atoms with Gasteiger partial charge in [-0.15, -0.1) is 0 Å². The monoisotopic (exact) mass is 220 g/mol. The normalized spacial score (nSPS) is 22.8. The molecule has 1 aromatic rings. The molecule has 0 saturated heterocycles. The highest BCUT2D eigenvalue weighted by atomic mass is 28.4. The van der Waals surface area contributed by atoms with Crippen LogP contribution in [-0.4, -0.2) is 8.32 Å². The average molecular weight is 220 g/mol. The van der Waals surface area contributed by atoms with Crippen LogP contribution >= 0.6 is 0 Å². The van der Waals surface area contributed by atoms with Gasteiger partial charge in [0.15, 0.2) is 0 Å². The summed E-state index contributed by atoms with van der Waals surface area (Å²) in [6.07, 6.45) is 0.313. The minimum atomic E-state index is -1.60. The molecule has 1 nitrogen and oxygen atoms in total. The predicted octanol–water partition coefficient (Wildman–Crippen LogP) is 3.28. The van der Waals surface area contributed by atoms with Crippen LogP contribution in [0.5, 0.6) is 0 Å². The molecule has 1 atom stereocenters. The molecule has 0 amide bonds. The van der Waals surface area contributed by atoms with Gasteiger partial charge in [0.1, 0.15) is 0 Å². The second kappa shape index (κ2) is 3.76. The van der Waals surface area contributed by atoms with E-state index < -0.39 is 8.32 Å². The SMILES string of the molecule is CC[Si]1(CC)OC(C)c2c(C)cccc21. The number of aryl methyl sites for hydroxylation is 1. The van der Waals surface area contributed by atoms with Crippen molar-refractivity contribution in [1.82, 2.24) is 0 Å². The Morgan fingerprint density at radius 3 is 2.53 bits per heavy atom. The zero-order chi connectivity index (χ0) is 11.1. The molecule has 1 aliphatic heterocycles. The first-order valence-corrected chi connectivity index (χ1v) is 8.24. The molecule has 1 unspecified atom stereocenters. The molecule has 0 fully saturated rings. The summed E-state index contributed by atoms with van der Waals surface area (Å²) in [5.74, 6) is 0. The Balaban J connectivity index is 2.60. The molecule has 0 N–H and O–H groups in total. The Morgan fingerprint density at radius 1 is 1.27 bits per heavy atom. The molecule has 15 heavy (non-hydrogen) atoms. The fraction of sp³-hybridized carbons (Fsp3) is 0.538. The Kier molecular flexibility index (Phi) is 2.73. The average Bonchev–Trinajstić information content (AvgIpc) is 2.54. The number of fused-ring (bicyclic) bond motifs is 1. The summed E-state index contributed by atoms with van der Waals surface area (Å²) >= 11 is 0. The standard InChI is InChI=1S/C13H20OSi/c1-5-15(6-2)12-9-7-8-10(3)13(12)11(4)14-15/h7-9,11H,5-6H2,1-4H3. The summed E-state index contributed by atoms with van der Waals surface area (Å²) in [7, 11) is -1.60. The maximum absolute atomic E-state index is 6.34. The second-order valence-electron chi connectivity index (χ2n) is 4.50. The molecule has 0 radical (unpaired) electrons. The van der Waals surface area contributed by atoms with Gasteiger partial charge in [-0.1, -0.05) is 32.0 Å². The van der Waals surface area contributed by atoms with Gasteiger partial charge in [0.25, 0.3) is 0 Å². The third kappa shape index (κ3) is 1.47. The first-order chi connectivity index (χ1) is 7.14. The summed E-state index contributed by atoms with van der Waals surface area (Å²) in [4.78, 5) is 0. The first-order valence-electron chi connectivity index (χ1n) is 5.92. The van der Waals surface area contributed by atoms with Crippen LogP contribution < -0.4 is 5.19 Å². The van der Waals surface area contributed by atoms with Crippen LogP contribution in [0.15, 0.2) is 18.2 Å². The van der Waals surface area contributed by atoms with Gasteiger partial charge in [0.2, 0.25) is 8.32 Å². The fourth-order valence-electron chi connectivity index (χ4n) is 2.88. The van der Waals surface area contributed by atoms with E-state index in [1.807, 2.05) is 0 Å². The van der Waals surface area contributed by atoms with E-state index in [9.17, 15) is 0 Å². The third-order valence-corrected chi connectivity index (χ3v) is 8.27. The number of hydrogen-bond acceptors (Lipinski definition) is 1. The summed E-state index contributed by atoms with van der Waals surface area (Å²) < 4.78 is 6.34. The van der Waals surface area contributed by atoms with E-state index in [4.69, 9.17) is 4.43 Å². The molecule has 82 valence electrons. The Labute approximate surface area is 93.6 Å². The molecular weight excluding hydrogens is 200 g/mol. The van der Waals surface area contributed by atoms with Crippen molar-refractivity contribution in [3.8, 4) is 0 Å². The Morgan fingerprint density at radius 2 is 1.93 bits per heavy atom. The van der Waals surface area contributed by atoms with Crippen molar-refractivity contribution >= 4 is 13.5 Å². The van der Waals surface area contributed by atoms with Crippen molar-refractivity contribution in [1.29, 1.82) is 0 Å². The van der Waals surface area contributed by atoms with E-state index in [1.54, 1.807) is 5.19 Å². The molecule has 1 aromatic carbocycles. The van der Waals surface area contributed by atoms with E-state index in [0.717, 1.165) is 0 Å². The van der Waals surface area contributed by atoms with Gasteiger partial charge in [-0.05, 0) is 42.2 Å². The van der Waals surface area contributed by atoms with Crippen LogP contribution in [0.1, 0.15) is 38.0 Å². The van der Waals surface area contributed by atoms with Crippen molar-refractivity contribution in [3.05, 3.63) is 29.3 Å². The molecule has 0 spiro atoms. The van der Waals surface area contributed by atoms with Gasteiger partial charge in [-0.25, -0.2) is 0 Å². The largest absolute Gasteiger partial charge is 0.406 e. The molecule has 0 bridgehead atoms. The van der Waals surface area contributed by atoms with E-state index in [2.05, 4.69) is 45.9 Å². The van der Waals surface area contributed by atoms with Gasteiger partial charge in [-0.3, -0.25) is 0 Å². The van der Waals surface area contributed by atoms with Crippen molar-refractivity contribution in [2.45, 2.75) is 45.9 Å². The predicted molar refractivity (Wildman–Crippen MR) is 67.0 cm³/mol. The maximum Gasteiger partial charge on any atom is 0.224 e. The Bertz CT molecular complexity index is 369. The van der Waals surface area contributed by atoms with Gasteiger partial charge in [0, 0.05) is 0 Å². The summed E-state index contributed by atoms with van der Waals surface area (Å²) in [5.41, 5.74) is 2.88. The minimum absolute atomic E-state index is 0.313. The zero-order valence-corrected chi connectivity index (χ0v) is 11.1. The highest BCUT2D eigenvalue weighted by Gasteiger charge is 2.43. The fourth-order valence-corrected chi connectivity index (χ4v) is 6.68. The van der Waals surface area contributed by atoms with Crippen molar-refractivity contribution in [2.24, 2.45) is 0 Å². The quantitative estimate of drug-likeness (QED) is 0.695. The molecule has 0 aromatic heterocycles. The van der Waals surface area contributed by atoms with Crippen LogP contribution in [0.3, 0.4) is 0 Å². The van der Waals surface area contributed by atoms with E-state index in [0.29, 0.717) is 6.10 Å². The van der Waals surface area contributed by atoms with Crippen molar-refractivity contribution < 1.29 is 4.43 Å². The molecule has 1 aliphatic rings. The third-order valence-electron chi connectivity index (χ3n) is 3.77. The van der Waals surface area contributed by atoms with Gasteiger partial charge >= 0.3 is 0 Å². The first kappa shape index (κ1) is 10.9. The highest BCUT2D eigenvalue weighted by molar-refractivity contribution is 6.87. The lowest BCUT2D eigenvalue weighted by Crippen LogP contribution is -2.45. The van der Waals surface area contributed by atoms with E-state index in [1.165, 1.54) is 23.2 Å². The molecule has 0 saturated carbocycles. The lowest BCUT2D eigenvalue weighted by molar-refractivity contribution is 0.232. The summed E-state index contributed by atoms with van der Waals surface area (Å²) in [6.45, 7) is 8.96. The minimum Gasteiger partial charge on any atom is -0.406 e. The van der Waals surface area contributed by atoms with Crippen LogP contribution in [0.2, 0.25) is 12.1 Å². The molecular formula is C13H20OSi. The zero-order valence-electron chi connectivity index (χ0n) is 10.1. The molecule has 1 heterocycles. The Hall–Kier alpha value is -0.603. The lowest BCUT2D eigenvalue weighted by Gasteiger charge is -2.24. The topological polar surface area (TPSA) is 9.23 Å². The van der Waals surface area contributed by atoms with E-state index >= 15 is 0 Å². The van der Waals surface area contributed by atoms with Gasteiger partial charge < -0.3 is 4.43 Å². The van der Waals surface area contributed by atoms with Gasteiger partial charge in [-0.2, -0.15) is 0 Å².